The van der Waals surface area contributed by atoms with Gasteiger partial charge >= 0.3 is 0 Å². The molecule has 0 aliphatic heterocycles. The first-order chi connectivity index (χ1) is 10.0. The number of nitrogens with two attached hydrogens (primary N) is 1. The highest BCUT2D eigenvalue weighted by molar-refractivity contribution is 6.07. The maximum Gasteiger partial charge on any atom is 0.274 e. The molecule has 0 atom stereocenters. The largest absolute Gasteiger partial charge is 0.322 e. The fraction of sp³-hybridized carbons (Fsp3) is 0.0769. The van der Waals surface area contributed by atoms with Crippen molar-refractivity contribution in [3.05, 3.63) is 57.8 Å². The van der Waals surface area contributed by atoms with E-state index in [0.29, 0.717) is 11.3 Å². The average molecular weight is 287 g/mol. The molecule has 8 heteroatoms. The maximum absolute atomic E-state index is 12.1. The second-order valence-corrected chi connectivity index (χ2v) is 4.26. The summed E-state index contributed by atoms with van der Waals surface area (Å²) in [5.41, 5.74) is 3.34. The number of amides is 1. The molecule has 2 aromatic rings. The molecule has 0 bridgehead atoms. The van der Waals surface area contributed by atoms with Crippen molar-refractivity contribution in [1.82, 2.24) is 4.98 Å². The van der Waals surface area contributed by atoms with Gasteiger partial charge in [0.1, 0.15) is 0 Å². The Labute approximate surface area is 120 Å². The van der Waals surface area contributed by atoms with Crippen LogP contribution in [0.2, 0.25) is 0 Å². The summed E-state index contributed by atoms with van der Waals surface area (Å²) in [5, 5.41) is 13.5. The Morgan fingerprint density at radius 2 is 2.14 bits per heavy atom. The summed E-state index contributed by atoms with van der Waals surface area (Å²) in [6.45, 7) is 1.63. The van der Waals surface area contributed by atoms with Gasteiger partial charge in [-0.3, -0.25) is 14.9 Å². The van der Waals surface area contributed by atoms with Crippen LogP contribution >= 0.6 is 0 Å². The van der Waals surface area contributed by atoms with Gasteiger partial charge in [-0.15, -0.1) is 0 Å². The summed E-state index contributed by atoms with van der Waals surface area (Å²) in [7, 11) is 0. The van der Waals surface area contributed by atoms with Gasteiger partial charge in [-0.2, -0.15) is 0 Å². The van der Waals surface area contributed by atoms with Crippen LogP contribution in [0.25, 0.3) is 0 Å². The van der Waals surface area contributed by atoms with E-state index in [2.05, 4.69) is 15.7 Å². The molecule has 0 fully saturated rings. The molecule has 108 valence electrons. The second-order valence-electron chi connectivity index (χ2n) is 4.26. The lowest BCUT2D eigenvalue weighted by atomic mass is 10.1. The molecule has 0 aliphatic rings. The highest BCUT2D eigenvalue weighted by Gasteiger charge is 2.15. The highest BCUT2D eigenvalue weighted by atomic mass is 16.6. The number of pyridine rings is 1. The van der Waals surface area contributed by atoms with E-state index in [1.807, 2.05) is 0 Å². The topological polar surface area (TPSA) is 123 Å². The molecule has 1 amide bonds. The first kappa shape index (κ1) is 14.4. The van der Waals surface area contributed by atoms with Gasteiger partial charge in [-0.1, -0.05) is 6.07 Å². The van der Waals surface area contributed by atoms with E-state index in [-0.39, 0.29) is 17.1 Å². The third-order valence-electron chi connectivity index (χ3n) is 2.85. The Hall–Kier alpha value is -3.00. The number of nitro benzene ring substituents is 1. The molecular weight excluding hydrogens is 274 g/mol. The third kappa shape index (κ3) is 3.12. The summed E-state index contributed by atoms with van der Waals surface area (Å²) >= 11 is 0. The summed E-state index contributed by atoms with van der Waals surface area (Å²) in [6.07, 6.45) is 1.49. The van der Waals surface area contributed by atoms with Crippen molar-refractivity contribution in [2.75, 3.05) is 10.7 Å². The SMILES string of the molecule is Cc1ccc(NC(=O)c2cccnc2NN)cc1[N+](=O)[O-]. The van der Waals surface area contributed by atoms with Crippen molar-refractivity contribution in [2.24, 2.45) is 5.84 Å². The minimum Gasteiger partial charge on any atom is -0.322 e. The highest BCUT2D eigenvalue weighted by Crippen LogP contribution is 2.23. The van der Waals surface area contributed by atoms with E-state index < -0.39 is 10.8 Å². The number of nitrogens with zero attached hydrogens (tertiary/aromatic N) is 2. The van der Waals surface area contributed by atoms with Crippen LogP contribution in [0.4, 0.5) is 17.2 Å². The first-order valence-corrected chi connectivity index (χ1v) is 6.01. The molecule has 2 rings (SSSR count). The number of nitrogens with one attached hydrogen (secondary N) is 2. The van der Waals surface area contributed by atoms with Gasteiger partial charge in [0.25, 0.3) is 11.6 Å². The molecule has 21 heavy (non-hydrogen) atoms. The standard InChI is InChI=1S/C13H13N5O3/c1-8-4-5-9(7-11(8)18(20)21)16-13(19)10-3-2-6-15-12(10)17-14/h2-7H,14H2,1H3,(H,15,17)(H,16,19). The smallest absolute Gasteiger partial charge is 0.274 e. The van der Waals surface area contributed by atoms with E-state index in [9.17, 15) is 14.9 Å². The van der Waals surface area contributed by atoms with Crippen LogP contribution in [0.1, 0.15) is 15.9 Å². The number of benzene rings is 1. The van der Waals surface area contributed by atoms with Crippen molar-refractivity contribution in [1.29, 1.82) is 0 Å². The maximum atomic E-state index is 12.1. The summed E-state index contributed by atoms with van der Waals surface area (Å²) in [4.78, 5) is 26.4. The molecule has 8 nitrogen and oxygen atoms in total. The predicted molar refractivity (Wildman–Crippen MR) is 77.8 cm³/mol. The number of hydrazine groups is 1. The number of hydrogen-bond acceptors (Lipinski definition) is 6. The fourth-order valence-corrected chi connectivity index (χ4v) is 1.79. The Bertz CT molecular complexity index is 702. The lowest BCUT2D eigenvalue weighted by Crippen LogP contribution is -2.18. The van der Waals surface area contributed by atoms with E-state index in [1.165, 1.54) is 12.3 Å². The Morgan fingerprint density at radius 1 is 1.38 bits per heavy atom. The summed E-state index contributed by atoms with van der Waals surface area (Å²) in [5.74, 6) is 5.04. The molecular formula is C13H13N5O3. The van der Waals surface area contributed by atoms with E-state index in [4.69, 9.17) is 5.84 Å². The lowest BCUT2D eigenvalue weighted by molar-refractivity contribution is -0.385. The number of rotatable bonds is 4. The van der Waals surface area contributed by atoms with Crippen LogP contribution in [0.5, 0.6) is 0 Å². The zero-order chi connectivity index (χ0) is 15.4. The number of nitro groups is 1. The quantitative estimate of drug-likeness (QED) is 0.448. The molecule has 0 saturated carbocycles. The number of carbonyl (C=O) groups is 1. The zero-order valence-corrected chi connectivity index (χ0v) is 11.2. The first-order valence-electron chi connectivity index (χ1n) is 6.01. The van der Waals surface area contributed by atoms with Crippen molar-refractivity contribution in [2.45, 2.75) is 6.92 Å². The van der Waals surface area contributed by atoms with Gasteiger partial charge in [0.2, 0.25) is 0 Å². The van der Waals surface area contributed by atoms with Crippen molar-refractivity contribution < 1.29 is 9.72 Å². The monoisotopic (exact) mass is 287 g/mol. The van der Waals surface area contributed by atoms with Crippen LogP contribution in [0.15, 0.2) is 36.5 Å². The molecule has 0 spiro atoms. The third-order valence-corrected chi connectivity index (χ3v) is 2.85. The van der Waals surface area contributed by atoms with E-state index in [0.717, 1.165) is 0 Å². The second kappa shape index (κ2) is 5.97. The van der Waals surface area contributed by atoms with E-state index >= 15 is 0 Å². The number of aromatic nitrogens is 1. The molecule has 4 N–H and O–H groups in total. The summed E-state index contributed by atoms with van der Waals surface area (Å²) < 4.78 is 0. The Morgan fingerprint density at radius 3 is 2.81 bits per heavy atom. The van der Waals surface area contributed by atoms with Gasteiger partial charge in [0, 0.05) is 23.5 Å². The van der Waals surface area contributed by atoms with Crippen molar-refractivity contribution in [3.8, 4) is 0 Å². The van der Waals surface area contributed by atoms with Gasteiger partial charge < -0.3 is 10.7 Å². The fourth-order valence-electron chi connectivity index (χ4n) is 1.79. The van der Waals surface area contributed by atoms with E-state index in [1.54, 1.807) is 31.2 Å². The molecule has 1 aromatic carbocycles. The summed E-state index contributed by atoms with van der Waals surface area (Å²) in [6, 6.07) is 7.60. The van der Waals surface area contributed by atoms with Crippen molar-refractivity contribution >= 4 is 23.1 Å². The molecule has 1 heterocycles. The number of anilines is 2. The van der Waals surface area contributed by atoms with Crippen LogP contribution in [-0.4, -0.2) is 15.8 Å². The lowest BCUT2D eigenvalue weighted by Gasteiger charge is -2.09. The van der Waals surface area contributed by atoms with Crippen molar-refractivity contribution in [3.63, 3.8) is 0 Å². The normalized spacial score (nSPS) is 10.0. The molecule has 0 saturated heterocycles. The van der Waals surface area contributed by atoms with Crippen LogP contribution in [0, 0.1) is 17.0 Å². The van der Waals surface area contributed by atoms with Crippen LogP contribution < -0.4 is 16.6 Å². The van der Waals surface area contributed by atoms with Gasteiger partial charge in [0.15, 0.2) is 5.82 Å². The Balaban J connectivity index is 2.28. The molecule has 0 radical (unpaired) electrons. The number of hydrogen-bond donors (Lipinski definition) is 3. The van der Waals surface area contributed by atoms with Gasteiger partial charge in [-0.05, 0) is 25.1 Å². The number of aryl methyl sites for hydroxylation is 1. The Kier molecular flexibility index (Phi) is 4.10. The van der Waals surface area contributed by atoms with Crippen LogP contribution in [-0.2, 0) is 0 Å². The predicted octanol–water partition coefficient (Wildman–Crippen LogP) is 1.84. The molecule has 0 aliphatic carbocycles. The number of nitrogen functional groups attached to an aromatic ring is 1. The average Bonchev–Trinajstić information content (AvgIpc) is 2.48. The molecule has 0 unspecified atom stereocenters. The van der Waals surface area contributed by atoms with Gasteiger partial charge in [0.05, 0.1) is 10.5 Å². The number of carbonyl (C=O) groups excluding carboxylic acids is 1. The van der Waals surface area contributed by atoms with Crippen LogP contribution in [0.3, 0.4) is 0 Å². The molecule has 1 aromatic heterocycles. The van der Waals surface area contributed by atoms with Gasteiger partial charge in [-0.25, -0.2) is 10.8 Å². The zero-order valence-electron chi connectivity index (χ0n) is 11.2. The minimum absolute atomic E-state index is 0.0591. The minimum atomic E-state index is -0.498.